The molecule has 1 nitrogen and oxygen atoms in total. The van der Waals surface area contributed by atoms with Crippen molar-refractivity contribution in [2.24, 2.45) is 0 Å². The minimum absolute atomic E-state index is 1.13. The maximum atomic E-state index is 2.38. The molecule has 0 saturated carbocycles. The van der Waals surface area contributed by atoms with Crippen LogP contribution < -0.4 is 4.90 Å². The molecule has 0 aliphatic carbocycles. The number of anilines is 3. The van der Waals surface area contributed by atoms with Crippen molar-refractivity contribution in [2.45, 2.75) is 55.4 Å². The Labute approximate surface area is 386 Å². The van der Waals surface area contributed by atoms with Crippen LogP contribution >= 0.6 is 11.3 Å². The first kappa shape index (κ1) is 45.0. The molecule has 1 heterocycles. The van der Waals surface area contributed by atoms with E-state index in [-0.39, 0.29) is 0 Å². The zero-order valence-electron chi connectivity index (χ0n) is 38.6. The fourth-order valence-electron chi connectivity index (χ4n) is 8.38. The lowest BCUT2D eigenvalue weighted by molar-refractivity contribution is 1.28. The van der Waals surface area contributed by atoms with E-state index in [1.807, 2.05) is 61.6 Å². The molecule has 10 rings (SSSR count). The molecule has 2 heteroatoms. The topological polar surface area (TPSA) is 3.24 Å². The predicted octanol–water partition coefficient (Wildman–Crippen LogP) is 18.8. The van der Waals surface area contributed by atoms with Gasteiger partial charge in [0.1, 0.15) is 0 Å². The van der Waals surface area contributed by atoms with Crippen LogP contribution in [0.25, 0.3) is 53.6 Å². The normalized spacial score (nSPS) is 10.5. The van der Waals surface area contributed by atoms with Crippen molar-refractivity contribution in [2.75, 3.05) is 4.90 Å². The summed E-state index contributed by atoms with van der Waals surface area (Å²) in [7, 11) is 0. The zero-order valence-corrected chi connectivity index (χ0v) is 39.4. The molecule has 0 saturated heterocycles. The monoisotopic (exact) mass is 849 g/mol. The third-order valence-electron chi connectivity index (χ3n) is 11.6. The van der Waals surface area contributed by atoms with Gasteiger partial charge in [0.25, 0.3) is 0 Å². The highest BCUT2D eigenvalue weighted by molar-refractivity contribution is 7.25. The molecule has 0 spiro atoms. The molecule has 0 radical (unpaired) electrons. The van der Waals surface area contributed by atoms with Crippen molar-refractivity contribution in [3.05, 3.63) is 246 Å². The van der Waals surface area contributed by atoms with E-state index in [1.165, 1.54) is 86.9 Å². The molecule has 0 atom stereocenters. The molecule has 0 aliphatic heterocycles. The van der Waals surface area contributed by atoms with Crippen molar-refractivity contribution in [1.82, 2.24) is 0 Å². The van der Waals surface area contributed by atoms with Crippen molar-refractivity contribution in [3.8, 4) is 33.4 Å². The fourth-order valence-corrected chi connectivity index (χ4v) is 9.54. The zero-order chi connectivity index (χ0) is 45.0. The van der Waals surface area contributed by atoms with Crippen molar-refractivity contribution >= 4 is 48.6 Å². The highest BCUT2D eigenvalue weighted by Crippen LogP contribution is 2.43. The largest absolute Gasteiger partial charge is 0.311 e. The minimum Gasteiger partial charge on any atom is -0.311 e. The fraction of sp³-hybridized carbons (Fsp3) is 0.129. The summed E-state index contributed by atoms with van der Waals surface area (Å²) in [5, 5.41) is 2.74. The van der Waals surface area contributed by atoms with Crippen LogP contribution in [0.3, 0.4) is 0 Å². The van der Waals surface area contributed by atoms with Gasteiger partial charge in [0.05, 0.1) is 0 Å². The summed E-state index contributed by atoms with van der Waals surface area (Å²) in [4.78, 5) is 2.31. The summed E-state index contributed by atoms with van der Waals surface area (Å²) in [5.41, 5.74) is 19.0. The molecule has 64 heavy (non-hydrogen) atoms. The predicted molar refractivity (Wildman–Crippen MR) is 283 cm³/mol. The van der Waals surface area contributed by atoms with Crippen LogP contribution in [0.15, 0.2) is 212 Å². The number of fused-ring (bicyclic) bond motifs is 3. The summed E-state index contributed by atoms with van der Waals surface area (Å²) < 4.78 is 2.71. The van der Waals surface area contributed by atoms with Gasteiger partial charge in [-0.05, 0) is 152 Å². The highest BCUT2D eigenvalue weighted by Gasteiger charge is 2.18. The SMILES string of the molecule is CC.Cc1ccc(-c2ccc(N(c3ccccc3)c3ccccc3)cc2)cc1-c1ccc(C)c(-c2ccc3sc4ccccc4c3c2C)c1C.Cc1ccccc1.Cc1ccccc1. The molecular weight excluding hydrogens is 791 g/mol. The quantitative estimate of drug-likeness (QED) is 0.161. The third kappa shape index (κ3) is 10.3. The van der Waals surface area contributed by atoms with E-state index < -0.39 is 0 Å². The average molecular weight is 850 g/mol. The lowest BCUT2D eigenvalue weighted by Crippen LogP contribution is -2.09. The molecule has 318 valence electrons. The number of para-hydroxylation sites is 2. The van der Waals surface area contributed by atoms with E-state index in [4.69, 9.17) is 0 Å². The molecule has 0 amide bonds. The van der Waals surface area contributed by atoms with Gasteiger partial charge in [-0.25, -0.2) is 0 Å². The van der Waals surface area contributed by atoms with Crippen molar-refractivity contribution in [3.63, 3.8) is 0 Å². The number of thiophene rings is 1. The molecule has 0 aliphatic rings. The Morgan fingerprint density at radius 3 is 1.36 bits per heavy atom. The van der Waals surface area contributed by atoms with E-state index >= 15 is 0 Å². The Kier molecular flexibility index (Phi) is 15.0. The van der Waals surface area contributed by atoms with E-state index in [0.29, 0.717) is 0 Å². The van der Waals surface area contributed by atoms with E-state index in [1.54, 1.807) is 0 Å². The first-order valence-corrected chi connectivity index (χ1v) is 23.2. The smallest absolute Gasteiger partial charge is 0.0462 e. The van der Waals surface area contributed by atoms with Gasteiger partial charge in [-0.3, -0.25) is 0 Å². The van der Waals surface area contributed by atoms with E-state index in [9.17, 15) is 0 Å². The van der Waals surface area contributed by atoms with Gasteiger partial charge < -0.3 is 4.90 Å². The van der Waals surface area contributed by atoms with Gasteiger partial charge >= 0.3 is 0 Å². The summed E-state index contributed by atoms with van der Waals surface area (Å²) in [6.45, 7) is 17.2. The standard InChI is InChI=1S/C46H37NS.2C7H8.C2H6/c1-30-19-21-35(34-22-24-38(25-23-34)47(36-13-7-5-8-14-36)37-15-9-6-10-16-37)29-42(30)39-26-20-31(2)45(32(39)3)40-27-28-44-46(33(40)4)41-17-11-12-18-43(41)48-44;2*1-7-5-3-2-4-6-7;1-2/h5-29H,1-4H3;2*2-6H,1H3;1-2H3. The first-order chi connectivity index (χ1) is 31.3. The lowest BCUT2D eigenvalue weighted by Gasteiger charge is -2.25. The summed E-state index contributed by atoms with van der Waals surface area (Å²) >= 11 is 1.89. The Bertz CT molecular complexity index is 2960. The molecule has 0 unspecified atom stereocenters. The molecule has 0 fully saturated rings. The minimum atomic E-state index is 1.13. The number of benzene rings is 9. The van der Waals surface area contributed by atoms with E-state index in [2.05, 4.69) is 222 Å². The highest BCUT2D eigenvalue weighted by atomic mass is 32.1. The second-order valence-corrected chi connectivity index (χ2v) is 17.1. The Balaban J connectivity index is 0.000000324. The van der Waals surface area contributed by atoms with Gasteiger partial charge in [-0.2, -0.15) is 0 Å². The van der Waals surface area contributed by atoms with Crippen LogP contribution in [0.4, 0.5) is 17.1 Å². The van der Waals surface area contributed by atoms with Gasteiger partial charge in [0.2, 0.25) is 0 Å². The van der Waals surface area contributed by atoms with Gasteiger partial charge in [-0.1, -0.05) is 183 Å². The number of rotatable bonds is 6. The summed E-state index contributed by atoms with van der Waals surface area (Å²) in [6, 6.07) is 75.6. The second kappa shape index (κ2) is 21.4. The molecule has 10 aromatic rings. The lowest BCUT2D eigenvalue weighted by atomic mass is 9.85. The van der Waals surface area contributed by atoms with Crippen LogP contribution in [0, 0.1) is 41.5 Å². The number of hydrogen-bond acceptors (Lipinski definition) is 2. The van der Waals surface area contributed by atoms with Gasteiger partial charge in [0, 0.05) is 37.2 Å². The van der Waals surface area contributed by atoms with Crippen LogP contribution in [-0.4, -0.2) is 0 Å². The van der Waals surface area contributed by atoms with Gasteiger partial charge in [-0.15, -0.1) is 11.3 Å². The van der Waals surface area contributed by atoms with E-state index in [0.717, 1.165) is 17.1 Å². The maximum Gasteiger partial charge on any atom is 0.0462 e. The van der Waals surface area contributed by atoms with Crippen LogP contribution in [0.2, 0.25) is 0 Å². The molecule has 1 aromatic heterocycles. The summed E-state index contributed by atoms with van der Waals surface area (Å²) in [5.74, 6) is 0. The van der Waals surface area contributed by atoms with Crippen LogP contribution in [0.1, 0.15) is 47.2 Å². The Hall–Kier alpha value is -7.00. The number of hydrogen-bond donors (Lipinski definition) is 0. The second-order valence-electron chi connectivity index (χ2n) is 16.0. The van der Waals surface area contributed by atoms with Gasteiger partial charge in [0.15, 0.2) is 0 Å². The third-order valence-corrected chi connectivity index (χ3v) is 12.8. The molecular formula is C62H59NS. The van der Waals surface area contributed by atoms with Crippen molar-refractivity contribution < 1.29 is 0 Å². The average Bonchev–Trinajstić information content (AvgIpc) is 3.72. The molecule has 0 N–H and O–H groups in total. The maximum absolute atomic E-state index is 2.38. The number of nitrogens with zero attached hydrogens (tertiary/aromatic N) is 1. The molecule has 9 aromatic carbocycles. The van der Waals surface area contributed by atoms with Crippen LogP contribution in [-0.2, 0) is 0 Å². The Morgan fingerprint density at radius 2 is 0.812 bits per heavy atom. The first-order valence-electron chi connectivity index (χ1n) is 22.4. The Morgan fingerprint density at radius 1 is 0.344 bits per heavy atom. The van der Waals surface area contributed by atoms with Crippen molar-refractivity contribution in [1.29, 1.82) is 0 Å². The number of aryl methyl sites for hydroxylation is 5. The molecule has 0 bridgehead atoms. The summed E-state index contributed by atoms with van der Waals surface area (Å²) in [6.07, 6.45) is 0. The van der Waals surface area contributed by atoms with Crippen LogP contribution in [0.5, 0.6) is 0 Å².